The van der Waals surface area contributed by atoms with Gasteiger partial charge in [0.25, 0.3) is 5.91 Å². The number of primary amides is 1. The van der Waals surface area contributed by atoms with E-state index < -0.39 is 5.91 Å². The first kappa shape index (κ1) is 15.3. The largest absolute Gasteiger partial charge is 0.364 e. The Morgan fingerprint density at radius 1 is 1.26 bits per heavy atom. The highest BCUT2D eigenvalue weighted by molar-refractivity contribution is 5.92. The van der Waals surface area contributed by atoms with Crippen LogP contribution in [-0.2, 0) is 0 Å². The highest BCUT2D eigenvalue weighted by atomic mass is 16.1. The van der Waals surface area contributed by atoms with Crippen LogP contribution < -0.4 is 5.73 Å². The molecule has 0 radical (unpaired) electrons. The van der Waals surface area contributed by atoms with Gasteiger partial charge in [0.1, 0.15) is 5.69 Å². The van der Waals surface area contributed by atoms with Crippen LogP contribution in [0.15, 0.2) is 6.33 Å². The van der Waals surface area contributed by atoms with E-state index >= 15 is 0 Å². The maximum Gasteiger partial charge on any atom is 0.270 e. The molecule has 104 valence electrons. The second-order valence-corrected chi connectivity index (χ2v) is 4.66. The lowest BCUT2D eigenvalue weighted by molar-refractivity contribution is 0.0996. The second-order valence-electron chi connectivity index (χ2n) is 4.66. The van der Waals surface area contributed by atoms with Crippen LogP contribution in [-0.4, -0.2) is 15.9 Å². The van der Waals surface area contributed by atoms with Crippen LogP contribution in [0.5, 0.6) is 0 Å². The maximum atomic E-state index is 11.0. The molecule has 3 N–H and O–H groups in total. The topological polar surface area (TPSA) is 71.8 Å². The molecular formula is C15H23N3O. The number of H-pyrrole nitrogens is 1. The van der Waals surface area contributed by atoms with E-state index in [1.165, 1.54) is 44.9 Å². The Kier molecular flexibility index (Phi) is 7.41. The van der Waals surface area contributed by atoms with Gasteiger partial charge in [-0.1, -0.05) is 51.4 Å². The molecule has 4 heteroatoms. The molecule has 0 bridgehead atoms. The number of aromatic amines is 1. The lowest BCUT2D eigenvalue weighted by Gasteiger charge is -1.97. The van der Waals surface area contributed by atoms with E-state index in [9.17, 15) is 4.79 Å². The van der Waals surface area contributed by atoms with Gasteiger partial charge in [-0.2, -0.15) is 0 Å². The Bertz CT molecular complexity index is 440. The highest BCUT2D eigenvalue weighted by Crippen LogP contribution is 2.08. The number of nitrogens with zero attached hydrogens (tertiary/aromatic N) is 1. The van der Waals surface area contributed by atoms with Crippen molar-refractivity contribution in [3.05, 3.63) is 17.7 Å². The first-order chi connectivity index (χ1) is 9.25. The molecule has 0 spiro atoms. The summed E-state index contributed by atoms with van der Waals surface area (Å²) in [6.45, 7) is 2.23. The molecule has 1 aromatic rings. The molecule has 1 aromatic heterocycles. The van der Waals surface area contributed by atoms with Crippen LogP contribution in [0.25, 0.3) is 0 Å². The molecular weight excluding hydrogens is 238 g/mol. The zero-order valence-electron chi connectivity index (χ0n) is 11.7. The zero-order valence-corrected chi connectivity index (χ0v) is 11.7. The second kappa shape index (κ2) is 9.21. The molecule has 1 rings (SSSR count). The summed E-state index contributed by atoms with van der Waals surface area (Å²) in [5, 5.41) is 0. The number of aromatic nitrogens is 2. The van der Waals surface area contributed by atoms with E-state index in [0.29, 0.717) is 5.69 Å². The van der Waals surface area contributed by atoms with Crippen LogP contribution in [0.2, 0.25) is 0 Å². The summed E-state index contributed by atoms with van der Waals surface area (Å²) >= 11 is 0. The van der Waals surface area contributed by atoms with Gasteiger partial charge in [-0.05, 0) is 12.3 Å². The van der Waals surface area contributed by atoms with Gasteiger partial charge in [-0.15, -0.1) is 0 Å². The maximum absolute atomic E-state index is 11.0. The molecule has 4 nitrogen and oxygen atoms in total. The van der Waals surface area contributed by atoms with Crippen LogP contribution in [0.1, 0.15) is 74.5 Å². The lowest BCUT2D eigenvalue weighted by Crippen LogP contribution is -2.12. The van der Waals surface area contributed by atoms with E-state index in [0.717, 1.165) is 12.8 Å². The molecule has 0 aliphatic carbocycles. The molecule has 1 heterocycles. The minimum atomic E-state index is -0.540. The third kappa shape index (κ3) is 6.10. The number of unbranched alkanes of at least 4 members (excludes halogenated alkanes) is 7. The Hall–Kier alpha value is -1.76. The minimum absolute atomic E-state index is 0.229. The first-order valence-electron chi connectivity index (χ1n) is 7.07. The van der Waals surface area contributed by atoms with E-state index in [1.807, 2.05) is 0 Å². The van der Waals surface area contributed by atoms with Crippen LogP contribution >= 0.6 is 0 Å². The van der Waals surface area contributed by atoms with Crippen molar-refractivity contribution in [3.8, 4) is 11.8 Å². The van der Waals surface area contributed by atoms with E-state index in [4.69, 9.17) is 5.73 Å². The van der Waals surface area contributed by atoms with Crippen molar-refractivity contribution < 1.29 is 4.79 Å². The van der Waals surface area contributed by atoms with E-state index in [2.05, 4.69) is 28.7 Å². The summed E-state index contributed by atoms with van der Waals surface area (Å²) in [5.74, 6) is 5.43. The van der Waals surface area contributed by atoms with Crippen molar-refractivity contribution in [1.82, 2.24) is 9.97 Å². The standard InChI is InChI=1S/C15H23N3O/c1-2-3-4-5-6-7-8-9-10-11-13-14(15(16)19)18-12-17-13/h12H,2-9H2,1H3,(H2,16,19)(H,17,18). The number of rotatable bonds is 8. The zero-order chi connectivity index (χ0) is 13.9. The van der Waals surface area contributed by atoms with Crippen molar-refractivity contribution in [2.75, 3.05) is 0 Å². The van der Waals surface area contributed by atoms with Gasteiger partial charge in [-0.3, -0.25) is 4.79 Å². The Labute approximate surface area is 115 Å². The quantitative estimate of drug-likeness (QED) is 0.557. The van der Waals surface area contributed by atoms with Crippen LogP contribution in [0.4, 0.5) is 0 Å². The van der Waals surface area contributed by atoms with Crippen molar-refractivity contribution in [3.63, 3.8) is 0 Å². The molecule has 0 unspecified atom stereocenters. The summed E-state index contributed by atoms with van der Waals surface area (Å²) in [6, 6.07) is 0. The summed E-state index contributed by atoms with van der Waals surface area (Å²) in [5.41, 5.74) is 5.93. The van der Waals surface area contributed by atoms with Gasteiger partial charge in [0.15, 0.2) is 5.69 Å². The predicted octanol–water partition coefficient (Wildman–Crippen LogP) is 3.00. The van der Waals surface area contributed by atoms with Gasteiger partial charge in [0, 0.05) is 6.42 Å². The Morgan fingerprint density at radius 3 is 2.63 bits per heavy atom. The smallest absolute Gasteiger partial charge is 0.270 e. The average molecular weight is 261 g/mol. The molecule has 0 aliphatic heterocycles. The Balaban J connectivity index is 2.17. The van der Waals surface area contributed by atoms with Crippen molar-refractivity contribution in [1.29, 1.82) is 0 Å². The molecule has 1 amide bonds. The molecule has 0 atom stereocenters. The molecule has 0 saturated heterocycles. The van der Waals surface area contributed by atoms with Crippen LogP contribution in [0, 0.1) is 11.8 Å². The van der Waals surface area contributed by atoms with Gasteiger partial charge >= 0.3 is 0 Å². The number of amides is 1. The number of carbonyl (C=O) groups is 1. The number of carbonyl (C=O) groups excluding carboxylic acids is 1. The molecule has 0 aromatic carbocycles. The Morgan fingerprint density at radius 2 is 1.95 bits per heavy atom. The monoisotopic (exact) mass is 261 g/mol. The van der Waals surface area contributed by atoms with Crippen molar-refractivity contribution in [2.45, 2.75) is 58.3 Å². The molecule has 0 aliphatic rings. The summed E-state index contributed by atoms with van der Waals surface area (Å²) in [6.07, 6.45) is 11.2. The average Bonchev–Trinajstić information content (AvgIpc) is 2.85. The normalized spacial score (nSPS) is 9.95. The highest BCUT2D eigenvalue weighted by Gasteiger charge is 2.07. The van der Waals surface area contributed by atoms with Gasteiger partial charge in [0.2, 0.25) is 0 Å². The number of nitrogens with one attached hydrogen (secondary N) is 1. The van der Waals surface area contributed by atoms with Gasteiger partial charge in [0.05, 0.1) is 6.33 Å². The lowest BCUT2D eigenvalue weighted by atomic mass is 10.1. The number of hydrogen-bond acceptors (Lipinski definition) is 2. The van der Waals surface area contributed by atoms with E-state index in [-0.39, 0.29) is 5.69 Å². The molecule has 19 heavy (non-hydrogen) atoms. The fourth-order valence-electron chi connectivity index (χ4n) is 1.90. The summed E-state index contributed by atoms with van der Waals surface area (Å²) in [4.78, 5) is 17.7. The third-order valence-electron chi connectivity index (χ3n) is 2.99. The predicted molar refractivity (Wildman–Crippen MR) is 76.6 cm³/mol. The van der Waals surface area contributed by atoms with Crippen molar-refractivity contribution in [2.24, 2.45) is 5.73 Å². The van der Waals surface area contributed by atoms with E-state index in [1.54, 1.807) is 0 Å². The third-order valence-corrected chi connectivity index (χ3v) is 2.99. The summed E-state index contributed by atoms with van der Waals surface area (Å²) in [7, 11) is 0. The van der Waals surface area contributed by atoms with Crippen molar-refractivity contribution >= 4 is 5.91 Å². The molecule has 0 saturated carbocycles. The number of hydrogen-bond donors (Lipinski definition) is 2. The fourth-order valence-corrected chi connectivity index (χ4v) is 1.90. The molecule has 0 fully saturated rings. The fraction of sp³-hybridized carbons (Fsp3) is 0.600. The van der Waals surface area contributed by atoms with Gasteiger partial charge in [-0.25, -0.2) is 4.98 Å². The van der Waals surface area contributed by atoms with Crippen LogP contribution in [0.3, 0.4) is 0 Å². The minimum Gasteiger partial charge on any atom is -0.364 e. The SMILES string of the molecule is CCCCCCCCCC#Cc1[nH]cnc1C(N)=O. The first-order valence-corrected chi connectivity index (χ1v) is 7.07. The van der Waals surface area contributed by atoms with Gasteiger partial charge < -0.3 is 10.7 Å². The summed E-state index contributed by atoms with van der Waals surface area (Å²) < 4.78 is 0. The number of nitrogens with two attached hydrogens (primary N) is 1. The number of imidazole rings is 1.